The van der Waals surface area contributed by atoms with Gasteiger partial charge in [0.1, 0.15) is 6.07 Å². The van der Waals surface area contributed by atoms with Gasteiger partial charge in [-0.15, -0.1) is 0 Å². The number of Topliss-reactive ketones (excluding diaryl/α,β-unsaturated/α-hetero) is 1. The number of nitrogens with zero attached hydrogens (tertiary/aromatic N) is 2. The number of hydrogen-bond acceptors (Lipinski definition) is 4. The summed E-state index contributed by atoms with van der Waals surface area (Å²) in [5, 5.41) is 19.3. The lowest BCUT2D eigenvalue weighted by molar-refractivity contribution is -0.385. The Balaban J connectivity index is 3.54. The van der Waals surface area contributed by atoms with Crippen LogP contribution in [0.25, 0.3) is 0 Å². The quantitative estimate of drug-likeness (QED) is 0.469. The van der Waals surface area contributed by atoms with E-state index >= 15 is 0 Å². The van der Waals surface area contributed by atoms with Crippen LogP contribution in [0.4, 0.5) is 5.69 Å². The molecule has 0 unspecified atom stereocenters. The normalized spacial score (nSPS) is 9.40. The zero-order chi connectivity index (χ0) is 11.6. The number of rotatable bonds is 2. The maximum Gasteiger partial charge on any atom is 0.271 e. The van der Waals surface area contributed by atoms with Crippen LogP contribution >= 0.6 is 15.9 Å². The van der Waals surface area contributed by atoms with Gasteiger partial charge < -0.3 is 0 Å². The molecule has 76 valence electrons. The second-order valence-electron chi connectivity index (χ2n) is 2.78. The van der Waals surface area contributed by atoms with E-state index in [1.54, 1.807) is 0 Å². The van der Waals surface area contributed by atoms with Gasteiger partial charge in [-0.1, -0.05) is 0 Å². The highest BCUT2D eigenvalue weighted by atomic mass is 79.9. The third-order valence-corrected chi connectivity index (χ3v) is 2.40. The third kappa shape index (κ3) is 2.19. The number of halogens is 1. The fraction of sp³-hybridized carbons (Fsp3) is 0.111. The Labute approximate surface area is 93.6 Å². The summed E-state index contributed by atoms with van der Waals surface area (Å²) in [5.41, 5.74) is -0.0437. The number of benzene rings is 1. The van der Waals surface area contributed by atoms with Crippen LogP contribution in [-0.2, 0) is 0 Å². The first-order valence-corrected chi connectivity index (χ1v) is 4.65. The Morgan fingerprint density at radius 1 is 1.60 bits per heavy atom. The Morgan fingerprint density at radius 3 is 2.60 bits per heavy atom. The first-order chi connectivity index (χ1) is 6.97. The largest absolute Gasteiger partial charge is 0.294 e. The van der Waals surface area contributed by atoms with Crippen molar-refractivity contribution in [2.45, 2.75) is 6.92 Å². The molecule has 1 aromatic carbocycles. The number of nitro benzene ring substituents is 1. The number of nitriles is 1. The molecule has 0 N–H and O–H groups in total. The predicted molar refractivity (Wildman–Crippen MR) is 55.5 cm³/mol. The molecule has 0 saturated heterocycles. The van der Waals surface area contributed by atoms with Crippen molar-refractivity contribution in [1.82, 2.24) is 0 Å². The first-order valence-electron chi connectivity index (χ1n) is 3.86. The molecule has 0 bridgehead atoms. The van der Waals surface area contributed by atoms with Crippen LogP contribution in [0.2, 0.25) is 0 Å². The minimum Gasteiger partial charge on any atom is -0.294 e. The van der Waals surface area contributed by atoms with E-state index in [0.717, 1.165) is 6.07 Å². The summed E-state index contributed by atoms with van der Waals surface area (Å²) < 4.78 is 0.254. The highest BCUT2D eigenvalue weighted by molar-refractivity contribution is 9.10. The van der Waals surface area contributed by atoms with Crippen LogP contribution in [0.15, 0.2) is 16.6 Å². The topological polar surface area (TPSA) is 84.0 Å². The average molecular weight is 269 g/mol. The number of ketones is 1. The molecule has 0 heterocycles. The van der Waals surface area contributed by atoms with Gasteiger partial charge in [0.25, 0.3) is 5.69 Å². The molecule has 0 amide bonds. The van der Waals surface area contributed by atoms with Gasteiger partial charge in [0.15, 0.2) is 5.78 Å². The summed E-state index contributed by atoms with van der Waals surface area (Å²) in [7, 11) is 0. The molecular weight excluding hydrogens is 264 g/mol. The number of non-ortho nitro benzene ring substituents is 1. The standard InChI is InChI=1S/C9H5BrN2O3/c1-5(13)7-2-6(12(14)15)3-9(10)8(7)4-11/h2-3H,1H3. The molecule has 1 aromatic rings. The summed E-state index contributed by atoms with van der Waals surface area (Å²) in [6.07, 6.45) is 0. The highest BCUT2D eigenvalue weighted by Gasteiger charge is 2.17. The molecule has 0 radical (unpaired) electrons. The van der Waals surface area contributed by atoms with Crippen LogP contribution in [-0.4, -0.2) is 10.7 Å². The summed E-state index contributed by atoms with van der Waals surface area (Å²) >= 11 is 3.02. The molecule has 15 heavy (non-hydrogen) atoms. The van der Waals surface area contributed by atoms with Gasteiger partial charge in [-0.3, -0.25) is 14.9 Å². The second-order valence-corrected chi connectivity index (χ2v) is 3.63. The van der Waals surface area contributed by atoms with Crippen molar-refractivity contribution in [1.29, 1.82) is 5.26 Å². The fourth-order valence-electron chi connectivity index (χ4n) is 1.09. The van der Waals surface area contributed by atoms with Gasteiger partial charge in [0, 0.05) is 22.2 Å². The molecule has 0 fully saturated rings. The average Bonchev–Trinajstić information content (AvgIpc) is 2.16. The van der Waals surface area contributed by atoms with E-state index in [-0.39, 0.29) is 27.1 Å². The number of carbonyl (C=O) groups is 1. The molecule has 0 aliphatic heterocycles. The SMILES string of the molecule is CC(=O)c1cc([N+](=O)[O-])cc(Br)c1C#N. The van der Waals surface area contributed by atoms with Crippen LogP contribution in [0.3, 0.4) is 0 Å². The zero-order valence-corrected chi connectivity index (χ0v) is 9.24. The predicted octanol–water partition coefficient (Wildman–Crippen LogP) is 2.43. The van der Waals surface area contributed by atoms with Gasteiger partial charge in [-0.2, -0.15) is 5.26 Å². The van der Waals surface area contributed by atoms with Gasteiger partial charge in [0.05, 0.1) is 10.5 Å². The second kappa shape index (κ2) is 4.19. The van der Waals surface area contributed by atoms with E-state index in [2.05, 4.69) is 15.9 Å². The zero-order valence-electron chi connectivity index (χ0n) is 7.65. The molecule has 0 aliphatic rings. The lowest BCUT2D eigenvalue weighted by Gasteiger charge is -2.01. The number of carbonyl (C=O) groups excluding carboxylic acids is 1. The van der Waals surface area contributed by atoms with E-state index in [9.17, 15) is 14.9 Å². The van der Waals surface area contributed by atoms with Crippen LogP contribution in [0, 0.1) is 21.4 Å². The van der Waals surface area contributed by atoms with Crippen molar-refractivity contribution in [3.8, 4) is 6.07 Å². The lowest BCUT2D eigenvalue weighted by atomic mass is 10.0. The van der Waals surface area contributed by atoms with Crippen LogP contribution in [0.1, 0.15) is 22.8 Å². The van der Waals surface area contributed by atoms with E-state index in [1.165, 1.54) is 13.0 Å². The smallest absolute Gasteiger partial charge is 0.271 e. The van der Waals surface area contributed by atoms with Gasteiger partial charge in [-0.25, -0.2) is 0 Å². The van der Waals surface area contributed by atoms with Gasteiger partial charge in [-0.05, 0) is 22.9 Å². The van der Waals surface area contributed by atoms with Crippen molar-refractivity contribution < 1.29 is 9.72 Å². The highest BCUT2D eigenvalue weighted by Crippen LogP contribution is 2.26. The van der Waals surface area contributed by atoms with Crippen molar-refractivity contribution in [2.24, 2.45) is 0 Å². The monoisotopic (exact) mass is 268 g/mol. The van der Waals surface area contributed by atoms with E-state index in [0.29, 0.717) is 0 Å². The molecule has 5 nitrogen and oxygen atoms in total. The molecule has 1 rings (SSSR count). The summed E-state index contributed by atoms with van der Waals surface area (Å²) in [5.74, 6) is -0.379. The minimum absolute atomic E-state index is 0.0542. The molecule has 6 heteroatoms. The molecule has 0 aromatic heterocycles. The third-order valence-electron chi connectivity index (χ3n) is 1.78. The van der Waals surface area contributed by atoms with Crippen molar-refractivity contribution >= 4 is 27.4 Å². The van der Waals surface area contributed by atoms with Gasteiger partial charge >= 0.3 is 0 Å². The van der Waals surface area contributed by atoms with E-state index in [4.69, 9.17) is 5.26 Å². The van der Waals surface area contributed by atoms with Gasteiger partial charge in [0.2, 0.25) is 0 Å². The van der Waals surface area contributed by atoms with Crippen LogP contribution in [0.5, 0.6) is 0 Å². The Bertz CT molecular complexity index is 491. The van der Waals surface area contributed by atoms with Crippen LogP contribution < -0.4 is 0 Å². The maximum absolute atomic E-state index is 11.2. The maximum atomic E-state index is 11.2. The Kier molecular flexibility index (Phi) is 3.17. The van der Waals surface area contributed by atoms with Crippen molar-refractivity contribution in [2.75, 3.05) is 0 Å². The Morgan fingerprint density at radius 2 is 2.20 bits per heavy atom. The first kappa shape index (κ1) is 11.3. The van der Waals surface area contributed by atoms with E-state index < -0.39 is 4.92 Å². The number of nitro groups is 1. The summed E-state index contributed by atoms with van der Waals surface area (Å²) in [4.78, 5) is 21.1. The molecule has 0 spiro atoms. The minimum atomic E-state index is -0.613. The van der Waals surface area contributed by atoms with E-state index in [1.807, 2.05) is 6.07 Å². The molecule has 0 atom stereocenters. The van der Waals surface area contributed by atoms with Crippen molar-refractivity contribution in [3.63, 3.8) is 0 Å². The van der Waals surface area contributed by atoms with Crippen molar-refractivity contribution in [3.05, 3.63) is 37.8 Å². The molecule has 0 saturated carbocycles. The molecule has 0 aliphatic carbocycles. The Hall–Kier alpha value is -1.74. The summed E-state index contributed by atoms with van der Waals surface area (Å²) in [6, 6.07) is 4.12. The molecular formula is C9H5BrN2O3. The fourth-order valence-corrected chi connectivity index (χ4v) is 1.63. The number of hydrogen-bond donors (Lipinski definition) is 0. The lowest BCUT2D eigenvalue weighted by Crippen LogP contribution is -2.00. The summed E-state index contributed by atoms with van der Waals surface area (Å²) in [6.45, 7) is 1.26.